The summed E-state index contributed by atoms with van der Waals surface area (Å²) in [7, 11) is -3.95. The largest absolute Gasteiger partial charge is 0.289 e. The van der Waals surface area contributed by atoms with Gasteiger partial charge in [-0.15, -0.1) is 0 Å². The maximum Gasteiger partial charge on any atom is 0.208 e. The Kier molecular flexibility index (Phi) is 5.00. The number of carbonyl (C=O) groups excluding carboxylic acids is 1. The monoisotopic (exact) mass is 415 g/mol. The Morgan fingerprint density at radius 3 is 1.97 bits per heavy atom. The van der Waals surface area contributed by atoms with Crippen LogP contribution < -0.4 is 0 Å². The van der Waals surface area contributed by atoms with Crippen molar-refractivity contribution in [3.05, 3.63) is 101 Å². The third-order valence-corrected chi connectivity index (χ3v) is 7.00. The number of hydrogen-bond donors (Lipinski definition) is 0. The molecule has 0 aliphatic carbocycles. The molecule has 4 aromatic rings. The molecular weight excluding hydrogens is 394 g/mol. The predicted molar refractivity (Wildman–Crippen MR) is 118 cm³/mol. The molecule has 0 unspecified atom stereocenters. The van der Waals surface area contributed by atoms with Crippen LogP contribution in [0.15, 0.2) is 82.7 Å². The summed E-state index contributed by atoms with van der Waals surface area (Å²) < 4.78 is 27.4. The predicted octanol–water partition coefficient (Wildman–Crippen LogP) is 5.22. The van der Waals surface area contributed by atoms with Crippen LogP contribution >= 0.6 is 0 Å². The molecule has 0 atom stereocenters. The van der Waals surface area contributed by atoms with E-state index in [0.29, 0.717) is 16.5 Å². The second kappa shape index (κ2) is 7.50. The Morgan fingerprint density at radius 1 is 0.767 bits per heavy atom. The van der Waals surface area contributed by atoms with E-state index in [9.17, 15) is 13.2 Å². The average molecular weight is 416 g/mol. The minimum atomic E-state index is -3.95. The number of benzene rings is 3. The molecule has 0 fully saturated rings. The first-order valence-corrected chi connectivity index (χ1v) is 11.1. The Morgan fingerprint density at radius 2 is 1.33 bits per heavy atom. The maximum absolute atomic E-state index is 13.7. The van der Waals surface area contributed by atoms with Crippen molar-refractivity contribution in [2.75, 3.05) is 0 Å². The molecule has 0 radical (unpaired) electrons. The van der Waals surface area contributed by atoms with Gasteiger partial charge in [0.05, 0.1) is 20.9 Å². The van der Waals surface area contributed by atoms with Gasteiger partial charge in [0, 0.05) is 17.1 Å². The van der Waals surface area contributed by atoms with Crippen molar-refractivity contribution < 1.29 is 13.2 Å². The third-order valence-electron chi connectivity index (χ3n) is 5.13. The minimum Gasteiger partial charge on any atom is -0.289 e. The lowest BCUT2D eigenvalue weighted by atomic mass is 10.0. The van der Waals surface area contributed by atoms with Crippen LogP contribution in [0.25, 0.3) is 10.9 Å². The number of rotatable bonds is 4. The zero-order valence-electron chi connectivity index (χ0n) is 17.0. The van der Waals surface area contributed by atoms with Crippen LogP contribution in [-0.2, 0) is 9.84 Å². The van der Waals surface area contributed by atoms with E-state index < -0.39 is 9.84 Å². The highest BCUT2D eigenvalue weighted by atomic mass is 32.2. The molecule has 1 aromatic heterocycles. The molecular formula is C25H21NO3S. The lowest BCUT2D eigenvalue weighted by molar-refractivity contribution is 0.103. The van der Waals surface area contributed by atoms with Crippen LogP contribution in [0.4, 0.5) is 0 Å². The van der Waals surface area contributed by atoms with Gasteiger partial charge in [0.2, 0.25) is 9.84 Å². The van der Waals surface area contributed by atoms with E-state index in [1.54, 1.807) is 48.5 Å². The topological polar surface area (TPSA) is 64.1 Å². The molecule has 0 aliphatic heterocycles. The van der Waals surface area contributed by atoms with Crippen LogP contribution in [0.3, 0.4) is 0 Å². The number of hydrogen-bond acceptors (Lipinski definition) is 4. The van der Waals surface area contributed by atoms with Crippen molar-refractivity contribution >= 4 is 26.5 Å². The fourth-order valence-electron chi connectivity index (χ4n) is 3.43. The number of sulfone groups is 1. The summed E-state index contributed by atoms with van der Waals surface area (Å²) in [6.07, 6.45) is 1.38. The van der Waals surface area contributed by atoms with Gasteiger partial charge in [-0.25, -0.2) is 8.42 Å². The molecule has 4 rings (SSSR count). The summed E-state index contributed by atoms with van der Waals surface area (Å²) in [5.41, 5.74) is 3.91. The van der Waals surface area contributed by atoms with Gasteiger partial charge in [0.1, 0.15) is 0 Å². The minimum absolute atomic E-state index is 0.00521. The molecule has 0 saturated carbocycles. The fraction of sp³-hybridized carbons (Fsp3) is 0.120. The second-order valence-corrected chi connectivity index (χ2v) is 9.42. The van der Waals surface area contributed by atoms with Gasteiger partial charge in [-0.3, -0.25) is 9.78 Å². The molecule has 0 bridgehead atoms. The number of nitrogens with zero attached hydrogens (tertiary/aromatic N) is 1. The molecule has 3 aromatic carbocycles. The first-order valence-electron chi connectivity index (χ1n) is 9.60. The molecule has 4 nitrogen and oxygen atoms in total. The van der Waals surface area contributed by atoms with Gasteiger partial charge in [-0.2, -0.15) is 0 Å². The maximum atomic E-state index is 13.7. The molecule has 30 heavy (non-hydrogen) atoms. The molecule has 0 spiro atoms. The number of fused-ring (bicyclic) bond motifs is 1. The summed E-state index contributed by atoms with van der Waals surface area (Å²) in [5.74, 6) is -0.364. The summed E-state index contributed by atoms with van der Waals surface area (Å²) in [6.45, 7) is 5.71. The van der Waals surface area contributed by atoms with Gasteiger partial charge >= 0.3 is 0 Å². The van der Waals surface area contributed by atoms with Crippen molar-refractivity contribution in [1.29, 1.82) is 0 Å². The molecule has 0 aliphatic rings. The van der Waals surface area contributed by atoms with Crippen LogP contribution in [0.1, 0.15) is 32.6 Å². The first-order chi connectivity index (χ1) is 14.3. The zero-order valence-corrected chi connectivity index (χ0v) is 17.8. The summed E-state index contributed by atoms with van der Waals surface area (Å²) in [6, 6.07) is 19.2. The lowest BCUT2D eigenvalue weighted by Gasteiger charge is -2.14. The van der Waals surface area contributed by atoms with E-state index in [1.807, 2.05) is 39.0 Å². The van der Waals surface area contributed by atoms with E-state index >= 15 is 0 Å². The lowest BCUT2D eigenvalue weighted by Crippen LogP contribution is -2.13. The van der Waals surface area contributed by atoms with Crippen molar-refractivity contribution in [1.82, 2.24) is 4.98 Å². The van der Waals surface area contributed by atoms with Crippen LogP contribution in [0, 0.1) is 20.8 Å². The Bertz CT molecular complexity index is 1370. The van der Waals surface area contributed by atoms with Crippen LogP contribution in [0.2, 0.25) is 0 Å². The summed E-state index contributed by atoms with van der Waals surface area (Å²) in [4.78, 5) is 17.9. The standard InChI is InChI=1S/C25H21NO3S/c1-16-4-9-19(10-5-16)24(27)22-15-26-23-13-8-18(3)14-21(23)25(22)30(28,29)20-11-6-17(2)7-12-20/h4-15H,1-3H3. The molecule has 1 heterocycles. The van der Waals surface area contributed by atoms with Crippen molar-refractivity contribution in [2.45, 2.75) is 30.6 Å². The van der Waals surface area contributed by atoms with Gasteiger partial charge in [0.15, 0.2) is 5.78 Å². The third kappa shape index (κ3) is 3.53. The van der Waals surface area contributed by atoms with Crippen molar-refractivity contribution in [3.63, 3.8) is 0 Å². The molecule has 0 saturated heterocycles. The quantitative estimate of drug-likeness (QED) is 0.429. The highest BCUT2D eigenvalue weighted by Gasteiger charge is 2.28. The van der Waals surface area contributed by atoms with E-state index in [4.69, 9.17) is 0 Å². The Hall–Kier alpha value is -3.31. The van der Waals surface area contributed by atoms with E-state index in [0.717, 1.165) is 16.7 Å². The summed E-state index contributed by atoms with van der Waals surface area (Å²) >= 11 is 0. The number of aryl methyl sites for hydroxylation is 3. The number of carbonyl (C=O) groups is 1. The Labute approximate surface area is 176 Å². The number of pyridine rings is 1. The van der Waals surface area contributed by atoms with Crippen molar-refractivity contribution in [2.24, 2.45) is 0 Å². The SMILES string of the molecule is Cc1ccc(C(=O)c2cnc3ccc(C)cc3c2S(=O)(=O)c2ccc(C)cc2)cc1. The van der Waals surface area contributed by atoms with Gasteiger partial charge in [-0.05, 0) is 45.0 Å². The average Bonchev–Trinajstić information content (AvgIpc) is 2.73. The van der Waals surface area contributed by atoms with Crippen LogP contribution in [-0.4, -0.2) is 19.2 Å². The molecule has 150 valence electrons. The van der Waals surface area contributed by atoms with Crippen LogP contribution in [0.5, 0.6) is 0 Å². The highest BCUT2D eigenvalue weighted by Crippen LogP contribution is 2.32. The summed E-state index contributed by atoms with van der Waals surface area (Å²) in [5, 5.41) is 0.452. The molecule has 0 amide bonds. The fourth-order valence-corrected chi connectivity index (χ4v) is 5.05. The van der Waals surface area contributed by atoms with Gasteiger partial charge in [0.25, 0.3) is 0 Å². The first kappa shape index (κ1) is 20.0. The normalized spacial score (nSPS) is 11.6. The van der Waals surface area contributed by atoms with E-state index in [2.05, 4.69) is 4.98 Å². The highest BCUT2D eigenvalue weighted by molar-refractivity contribution is 7.91. The van der Waals surface area contributed by atoms with Gasteiger partial charge in [-0.1, -0.05) is 59.2 Å². The van der Waals surface area contributed by atoms with Gasteiger partial charge < -0.3 is 0 Å². The number of aromatic nitrogens is 1. The van der Waals surface area contributed by atoms with E-state index in [1.165, 1.54) is 6.20 Å². The molecule has 0 N–H and O–H groups in total. The number of ketones is 1. The zero-order chi connectivity index (χ0) is 21.5. The Balaban J connectivity index is 2.03. The smallest absolute Gasteiger partial charge is 0.208 e. The molecule has 5 heteroatoms. The van der Waals surface area contributed by atoms with Crippen molar-refractivity contribution in [3.8, 4) is 0 Å². The second-order valence-electron chi connectivity index (χ2n) is 7.53. The van der Waals surface area contributed by atoms with E-state index in [-0.39, 0.29) is 21.1 Å².